The average Bonchev–Trinajstić information content (AvgIpc) is 2.22. The van der Waals surface area contributed by atoms with Crippen molar-refractivity contribution in [2.45, 2.75) is 25.9 Å². The Hall–Kier alpha value is -0.540. The lowest BCUT2D eigenvalue weighted by Crippen LogP contribution is -2.54. The number of hydrogen-bond acceptors (Lipinski definition) is 2. The summed E-state index contributed by atoms with van der Waals surface area (Å²) in [7, 11) is 0. The van der Waals surface area contributed by atoms with Gasteiger partial charge in [-0.3, -0.25) is 0 Å². The quantitative estimate of drug-likeness (QED) is 0.843. The van der Waals surface area contributed by atoms with Crippen molar-refractivity contribution in [1.29, 1.82) is 0 Å². The van der Waals surface area contributed by atoms with Crippen LogP contribution in [0.5, 0.6) is 0 Å². The molecule has 15 heavy (non-hydrogen) atoms. The number of rotatable bonds is 1. The number of nitrogens with one attached hydrogen (secondary N) is 1. The van der Waals surface area contributed by atoms with Gasteiger partial charge in [-0.1, -0.05) is 22.0 Å². The summed E-state index contributed by atoms with van der Waals surface area (Å²) in [6.45, 7) is 6.64. The molecule has 2 nitrogen and oxygen atoms in total. The van der Waals surface area contributed by atoms with E-state index >= 15 is 0 Å². The molecule has 1 aromatic carbocycles. The van der Waals surface area contributed by atoms with E-state index in [1.807, 2.05) is 0 Å². The molecule has 1 aromatic rings. The van der Waals surface area contributed by atoms with Crippen LogP contribution >= 0.6 is 15.9 Å². The molecule has 0 radical (unpaired) electrons. The molecule has 82 valence electrons. The van der Waals surface area contributed by atoms with Gasteiger partial charge in [0.1, 0.15) is 0 Å². The maximum atomic E-state index is 3.52. The standard InChI is InChI=1S/C12H17BrN2/c1-9-8-15(10(2)7-14-9)12-5-3-4-11(13)6-12/h3-6,9-10,14H,7-8H2,1-2H3. The molecule has 3 heteroatoms. The third-order valence-corrected chi connectivity index (χ3v) is 3.40. The van der Waals surface area contributed by atoms with Crippen molar-refractivity contribution in [2.24, 2.45) is 0 Å². The number of halogens is 1. The minimum Gasteiger partial charge on any atom is -0.366 e. The Morgan fingerprint density at radius 2 is 2.20 bits per heavy atom. The molecule has 2 rings (SSSR count). The number of nitrogens with zero attached hydrogens (tertiary/aromatic N) is 1. The molecule has 0 spiro atoms. The summed E-state index contributed by atoms with van der Waals surface area (Å²) < 4.78 is 1.15. The van der Waals surface area contributed by atoms with Gasteiger partial charge in [0.25, 0.3) is 0 Å². The molecule has 1 aliphatic rings. The van der Waals surface area contributed by atoms with Gasteiger partial charge in [0.05, 0.1) is 0 Å². The van der Waals surface area contributed by atoms with Gasteiger partial charge in [0.2, 0.25) is 0 Å². The van der Waals surface area contributed by atoms with Crippen LogP contribution in [0.1, 0.15) is 13.8 Å². The zero-order valence-electron chi connectivity index (χ0n) is 9.20. The highest BCUT2D eigenvalue weighted by Gasteiger charge is 2.22. The second-order valence-electron chi connectivity index (χ2n) is 4.29. The zero-order chi connectivity index (χ0) is 10.8. The zero-order valence-corrected chi connectivity index (χ0v) is 10.8. The van der Waals surface area contributed by atoms with Crippen LogP contribution in [0.3, 0.4) is 0 Å². The summed E-state index contributed by atoms with van der Waals surface area (Å²) in [5, 5.41) is 3.49. The molecule has 0 saturated carbocycles. The number of piperazine rings is 1. The molecule has 1 heterocycles. The van der Waals surface area contributed by atoms with Crippen LogP contribution in [0.2, 0.25) is 0 Å². The van der Waals surface area contributed by atoms with Crippen molar-refractivity contribution in [1.82, 2.24) is 5.32 Å². The van der Waals surface area contributed by atoms with Gasteiger partial charge in [0.15, 0.2) is 0 Å². The van der Waals surface area contributed by atoms with Crippen molar-refractivity contribution >= 4 is 21.6 Å². The van der Waals surface area contributed by atoms with Crippen LogP contribution < -0.4 is 10.2 Å². The SMILES string of the molecule is CC1CN(c2cccc(Br)c2)C(C)CN1. The third kappa shape index (κ3) is 2.52. The van der Waals surface area contributed by atoms with Crippen LogP contribution in [0.25, 0.3) is 0 Å². The van der Waals surface area contributed by atoms with Crippen molar-refractivity contribution in [3.63, 3.8) is 0 Å². The van der Waals surface area contributed by atoms with E-state index in [-0.39, 0.29) is 0 Å². The van der Waals surface area contributed by atoms with Crippen LogP contribution in [-0.4, -0.2) is 25.2 Å². The lowest BCUT2D eigenvalue weighted by molar-refractivity contribution is 0.425. The van der Waals surface area contributed by atoms with Gasteiger partial charge in [-0.05, 0) is 32.0 Å². The molecular weight excluding hydrogens is 252 g/mol. The first-order valence-corrected chi connectivity index (χ1v) is 6.21. The molecule has 1 N–H and O–H groups in total. The second kappa shape index (κ2) is 4.54. The Bertz CT molecular complexity index is 340. The van der Waals surface area contributed by atoms with Gasteiger partial charge in [-0.15, -0.1) is 0 Å². The minimum atomic E-state index is 0.565. The highest BCUT2D eigenvalue weighted by molar-refractivity contribution is 9.10. The Kier molecular flexibility index (Phi) is 3.32. The van der Waals surface area contributed by atoms with E-state index in [0.29, 0.717) is 12.1 Å². The normalized spacial score (nSPS) is 26.7. The van der Waals surface area contributed by atoms with Crippen LogP contribution in [0.15, 0.2) is 28.7 Å². The fourth-order valence-corrected chi connectivity index (χ4v) is 2.42. The van der Waals surface area contributed by atoms with E-state index in [0.717, 1.165) is 17.6 Å². The first kappa shape index (κ1) is 11.0. The summed E-state index contributed by atoms with van der Waals surface area (Å²) >= 11 is 3.52. The smallest absolute Gasteiger partial charge is 0.0387 e. The number of benzene rings is 1. The fourth-order valence-electron chi connectivity index (χ4n) is 2.04. The fraction of sp³-hybridized carbons (Fsp3) is 0.500. The van der Waals surface area contributed by atoms with Gasteiger partial charge in [-0.2, -0.15) is 0 Å². The number of anilines is 1. The second-order valence-corrected chi connectivity index (χ2v) is 5.21. The van der Waals surface area contributed by atoms with Crippen molar-refractivity contribution < 1.29 is 0 Å². The highest BCUT2D eigenvalue weighted by Crippen LogP contribution is 2.23. The van der Waals surface area contributed by atoms with E-state index in [4.69, 9.17) is 0 Å². The van der Waals surface area contributed by atoms with Crippen LogP contribution in [0, 0.1) is 0 Å². The Morgan fingerprint density at radius 3 is 2.93 bits per heavy atom. The summed E-state index contributed by atoms with van der Waals surface area (Å²) in [4.78, 5) is 2.46. The lowest BCUT2D eigenvalue weighted by atomic mass is 10.1. The van der Waals surface area contributed by atoms with Crippen molar-refractivity contribution in [2.75, 3.05) is 18.0 Å². The molecule has 1 saturated heterocycles. The van der Waals surface area contributed by atoms with Crippen LogP contribution in [0.4, 0.5) is 5.69 Å². The third-order valence-electron chi connectivity index (χ3n) is 2.90. The van der Waals surface area contributed by atoms with E-state index in [9.17, 15) is 0 Å². The Morgan fingerprint density at radius 1 is 1.40 bits per heavy atom. The van der Waals surface area contributed by atoms with Gasteiger partial charge in [0, 0.05) is 35.3 Å². The average molecular weight is 269 g/mol. The summed E-state index contributed by atoms with van der Waals surface area (Å²) in [5.74, 6) is 0. The van der Waals surface area contributed by atoms with E-state index in [1.165, 1.54) is 5.69 Å². The van der Waals surface area contributed by atoms with E-state index < -0.39 is 0 Å². The van der Waals surface area contributed by atoms with Gasteiger partial charge < -0.3 is 10.2 Å². The molecule has 2 unspecified atom stereocenters. The van der Waals surface area contributed by atoms with Crippen LogP contribution in [-0.2, 0) is 0 Å². The maximum absolute atomic E-state index is 3.52. The maximum Gasteiger partial charge on any atom is 0.0387 e. The Labute approximate surface area is 99.8 Å². The molecule has 1 fully saturated rings. The van der Waals surface area contributed by atoms with E-state index in [1.54, 1.807) is 0 Å². The van der Waals surface area contributed by atoms with Gasteiger partial charge in [-0.25, -0.2) is 0 Å². The van der Waals surface area contributed by atoms with E-state index in [2.05, 4.69) is 64.3 Å². The van der Waals surface area contributed by atoms with Crippen molar-refractivity contribution in [3.8, 4) is 0 Å². The van der Waals surface area contributed by atoms with Gasteiger partial charge >= 0.3 is 0 Å². The molecule has 0 aromatic heterocycles. The summed E-state index contributed by atoms with van der Waals surface area (Å²) in [6.07, 6.45) is 0. The lowest BCUT2D eigenvalue weighted by Gasteiger charge is -2.39. The van der Waals surface area contributed by atoms with Crippen molar-refractivity contribution in [3.05, 3.63) is 28.7 Å². The molecule has 1 aliphatic heterocycles. The molecular formula is C12H17BrN2. The monoisotopic (exact) mass is 268 g/mol. The summed E-state index contributed by atoms with van der Waals surface area (Å²) in [5.41, 5.74) is 1.31. The molecule has 0 bridgehead atoms. The summed E-state index contributed by atoms with van der Waals surface area (Å²) in [6, 6.07) is 9.67. The predicted octanol–water partition coefficient (Wildman–Crippen LogP) is 2.64. The minimum absolute atomic E-state index is 0.565. The molecule has 0 aliphatic carbocycles. The molecule has 0 amide bonds. The topological polar surface area (TPSA) is 15.3 Å². The molecule has 2 atom stereocenters. The first-order valence-electron chi connectivity index (χ1n) is 5.42. The first-order chi connectivity index (χ1) is 7.16. The highest BCUT2D eigenvalue weighted by atomic mass is 79.9. The Balaban J connectivity index is 2.21. The number of hydrogen-bond donors (Lipinski definition) is 1. The predicted molar refractivity (Wildman–Crippen MR) is 68.4 cm³/mol. The largest absolute Gasteiger partial charge is 0.366 e.